The van der Waals surface area contributed by atoms with Crippen molar-refractivity contribution in [2.75, 3.05) is 39.6 Å². The summed E-state index contributed by atoms with van der Waals surface area (Å²) in [5.41, 5.74) is 0.122. The zero-order valence-corrected chi connectivity index (χ0v) is 16.1. The minimum absolute atomic E-state index is 0.0217. The molecule has 1 aliphatic heterocycles. The van der Waals surface area contributed by atoms with Gasteiger partial charge in [0, 0.05) is 12.8 Å². The Morgan fingerprint density at radius 1 is 0.552 bits per heavy atom. The van der Waals surface area contributed by atoms with Crippen molar-refractivity contribution in [1.82, 2.24) is 0 Å². The zero-order valence-electron chi connectivity index (χ0n) is 16.1. The summed E-state index contributed by atoms with van der Waals surface area (Å²) in [5.74, 6) is -2.23. The van der Waals surface area contributed by atoms with Crippen LogP contribution in [-0.2, 0) is 33.3 Å². The van der Waals surface area contributed by atoms with Gasteiger partial charge in [0.05, 0.1) is 24.3 Å². The standard InChI is InChI=1S/C20H24O9/c21-17-7-3-4-8-18(22)27-13-14-29-20(24)16-6-2-1-5-15(16)19(23)28-12-10-25-9-11-26-17/h1-2,5-6H,3-4,7-14H2. The fourth-order valence-electron chi connectivity index (χ4n) is 2.48. The molecule has 1 aliphatic rings. The highest BCUT2D eigenvalue weighted by atomic mass is 16.6. The number of esters is 4. The number of hydrogen-bond acceptors (Lipinski definition) is 9. The summed E-state index contributed by atoms with van der Waals surface area (Å²) in [5, 5.41) is 0. The number of cyclic esters (lactones) is 4. The van der Waals surface area contributed by atoms with Gasteiger partial charge in [0.25, 0.3) is 0 Å². The van der Waals surface area contributed by atoms with Gasteiger partial charge in [-0.25, -0.2) is 9.59 Å². The van der Waals surface area contributed by atoms with Gasteiger partial charge < -0.3 is 23.7 Å². The van der Waals surface area contributed by atoms with Crippen LogP contribution in [0.3, 0.4) is 0 Å². The number of rotatable bonds is 0. The average Bonchev–Trinajstić information content (AvgIpc) is 2.72. The molecule has 0 saturated heterocycles. The van der Waals surface area contributed by atoms with Crippen LogP contribution in [0.4, 0.5) is 0 Å². The Labute approximate surface area is 168 Å². The third-order valence-corrected chi connectivity index (χ3v) is 3.91. The van der Waals surface area contributed by atoms with Crippen molar-refractivity contribution in [2.24, 2.45) is 0 Å². The van der Waals surface area contributed by atoms with E-state index in [0.29, 0.717) is 12.8 Å². The summed E-state index contributed by atoms with van der Waals surface area (Å²) in [6, 6.07) is 6.10. The summed E-state index contributed by atoms with van der Waals surface area (Å²) >= 11 is 0. The van der Waals surface area contributed by atoms with Crippen LogP contribution in [0.5, 0.6) is 0 Å². The van der Waals surface area contributed by atoms with Gasteiger partial charge >= 0.3 is 23.9 Å². The Kier molecular flexibility index (Phi) is 9.64. The van der Waals surface area contributed by atoms with Gasteiger partial charge in [-0.3, -0.25) is 9.59 Å². The van der Waals surface area contributed by atoms with E-state index in [4.69, 9.17) is 23.7 Å². The smallest absolute Gasteiger partial charge is 0.339 e. The van der Waals surface area contributed by atoms with Crippen LogP contribution in [0.1, 0.15) is 46.4 Å². The number of hydrogen-bond donors (Lipinski definition) is 0. The first kappa shape index (κ1) is 22.4. The van der Waals surface area contributed by atoms with E-state index in [1.165, 1.54) is 12.1 Å². The summed E-state index contributed by atoms with van der Waals surface area (Å²) in [7, 11) is 0. The molecule has 1 heterocycles. The van der Waals surface area contributed by atoms with E-state index in [1.807, 2.05) is 0 Å². The van der Waals surface area contributed by atoms with Crippen molar-refractivity contribution in [2.45, 2.75) is 25.7 Å². The monoisotopic (exact) mass is 408 g/mol. The molecule has 2 rings (SSSR count). The lowest BCUT2D eigenvalue weighted by atomic mass is 10.1. The first-order valence-electron chi connectivity index (χ1n) is 9.40. The molecule has 0 fully saturated rings. The van der Waals surface area contributed by atoms with Gasteiger partial charge in [-0.1, -0.05) is 12.1 Å². The number of fused-ring (bicyclic) bond motifs is 1. The van der Waals surface area contributed by atoms with Crippen LogP contribution in [0.2, 0.25) is 0 Å². The molecule has 0 amide bonds. The van der Waals surface area contributed by atoms with Crippen LogP contribution in [0.15, 0.2) is 24.3 Å². The highest BCUT2D eigenvalue weighted by Crippen LogP contribution is 2.12. The Hall–Kier alpha value is -2.94. The fraction of sp³-hybridized carbons (Fsp3) is 0.500. The van der Waals surface area contributed by atoms with Crippen molar-refractivity contribution in [3.05, 3.63) is 35.4 Å². The van der Waals surface area contributed by atoms with Crippen molar-refractivity contribution >= 4 is 23.9 Å². The van der Waals surface area contributed by atoms with E-state index in [9.17, 15) is 19.2 Å². The predicted octanol–water partition coefficient (Wildman–Crippen LogP) is 1.68. The molecule has 9 heteroatoms. The molecular weight excluding hydrogens is 384 g/mol. The Bertz CT molecular complexity index is 714. The molecule has 0 saturated carbocycles. The lowest BCUT2D eigenvalue weighted by Crippen LogP contribution is -2.18. The number of ether oxygens (including phenoxy) is 5. The van der Waals surface area contributed by atoms with Crippen LogP contribution < -0.4 is 0 Å². The molecule has 0 aromatic heterocycles. The largest absolute Gasteiger partial charge is 0.463 e. The molecule has 0 spiro atoms. The molecule has 29 heavy (non-hydrogen) atoms. The van der Waals surface area contributed by atoms with E-state index < -0.39 is 17.9 Å². The Morgan fingerprint density at radius 3 is 1.48 bits per heavy atom. The second kappa shape index (κ2) is 12.5. The van der Waals surface area contributed by atoms with Gasteiger partial charge in [0.2, 0.25) is 0 Å². The lowest BCUT2D eigenvalue weighted by Gasteiger charge is -2.10. The predicted molar refractivity (Wildman–Crippen MR) is 98.2 cm³/mol. The van der Waals surface area contributed by atoms with E-state index in [1.54, 1.807) is 12.1 Å². The summed E-state index contributed by atoms with van der Waals surface area (Å²) < 4.78 is 25.4. The van der Waals surface area contributed by atoms with Crippen molar-refractivity contribution < 1.29 is 42.9 Å². The zero-order chi connectivity index (χ0) is 20.9. The molecule has 1 aromatic carbocycles. The Morgan fingerprint density at radius 2 is 0.966 bits per heavy atom. The second-order valence-corrected chi connectivity index (χ2v) is 6.08. The maximum atomic E-state index is 12.2. The molecular formula is C20H24O9. The molecule has 0 unspecified atom stereocenters. The SMILES string of the molecule is O=C1CCCCC(=O)OCCOC(=O)c2ccccc2C(=O)OCCOCCO1. The lowest BCUT2D eigenvalue weighted by molar-refractivity contribution is -0.147. The highest BCUT2D eigenvalue weighted by Gasteiger charge is 2.19. The minimum Gasteiger partial charge on any atom is -0.463 e. The topological polar surface area (TPSA) is 114 Å². The number of benzene rings is 1. The number of carbonyl (C=O) groups is 4. The van der Waals surface area contributed by atoms with Crippen molar-refractivity contribution in [1.29, 1.82) is 0 Å². The van der Waals surface area contributed by atoms with Crippen LogP contribution in [-0.4, -0.2) is 63.5 Å². The molecule has 0 atom stereocenters. The molecule has 0 radical (unpaired) electrons. The maximum absolute atomic E-state index is 12.2. The van der Waals surface area contributed by atoms with Gasteiger partial charge in [-0.15, -0.1) is 0 Å². The second-order valence-electron chi connectivity index (χ2n) is 6.08. The minimum atomic E-state index is -0.716. The van der Waals surface area contributed by atoms with Crippen LogP contribution >= 0.6 is 0 Å². The molecule has 0 bridgehead atoms. The van der Waals surface area contributed by atoms with Gasteiger partial charge in [-0.05, 0) is 25.0 Å². The van der Waals surface area contributed by atoms with E-state index >= 15 is 0 Å². The number of carbonyl (C=O) groups excluding carboxylic acids is 4. The van der Waals surface area contributed by atoms with Gasteiger partial charge in [-0.2, -0.15) is 0 Å². The fourth-order valence-corrected chi connectivity index (χ4v) is 2.48. The van der Waals surface area contributed by atoms with E-state index in [2.05, 4.69) is 0 Å². The highest BCUT2D eigenvalue weighted by molar-refractivity contribution is 6.03. The van der Waals surface area contributed by atoms with E-state index in [-0.39, 0.29) is 69.6 Å². The van der Waals surface area contributed by atoms with E-state index in [0.717, 1.165) is 0 Å². The molecule has 158 valence electrons. The molecule has 0 aliphatic carbocycles. The summed E-state index contributed by atoms with van der Waals surface area (Å²) in [4.78, 5) is 47.7. The third kappa shape index (κ3) is 8.30. The molecule has 1 aromatic rings. The maximum Gasteiger partial charge on any atom is 0.339 e. The normalized spacial score (nSPS) is 18.9. The van der Waals surface area contributed by atoms with Crippen molar-refractivity contribution in [3.8, 4) is 0 Å². The molecule has 0 N–H and O–H groups in total. The van der Waals surface area contributed by atoms with Crippen LogP contribution in [0, 0.1) is 0 Å². The third-order valence-electron chi connectivity index (χ3n) is 3.91. The first-order chi connectivity index (χ1) is 14.1. The quantitative estimate of drug-likeness (QED) is 0.467. The van der Waals surface area contributed by atoms with Gasteiger partial charge in [0.1, 0.15) is 26.4 Å². The average molecular weight is 408 g/mol. The van der Waals surface area contributed by atoms with Gasteiger partial charge in [0.15, 0.2) is 0 Å². The summed E-state index contributed by atoms with van der Waals surface area (Å²) in [6.45, 7) is 0.105. The molecule has 9 nitrogen and oxygen atoms in total. The summed E-state index contributed by atoms with van der Waals surface area (Å²) in [6.07, 6.45) is 1.33. The first-order valence-corrected chi connectivity index (χ1v) is 9.40. The Balaban J connectivity index is 1.95. The van der Waals surface area contributed by atoms with Crippen LogP contribution in [0.25, 0.3) is 0 Å². The van der Waals surface area contributed by atoms with Crippen molar-refractivity contribution in [3.63, 3.8) is 0 Å².